The molecule has 0 aliphatic rings. The predicted octanol–water partition coefficient (Wildman–Crippen LogP) is 1.50. The lowest BCUT2D eigenvalue weighted by Gasteiger charge is -2.06. The Balaban J connectivity index is 2.09. The molecule has 0 unspecified atom stereocenters. The van der Waals surface area contributed by atoms with Gasteiger partial charge in [-0.15, -0.1) is 0 Å². The van der Waals surface area contributed by atoms with Gasteiger partial charge < -0.3 is 10.6 Å². The number of anilines is 2. The number of rotatable bonds is 5. The number of aromatic nitrogens is 1. The number of nitrogens with zero attached hydrogens (tertiary/aromatic N) is 2. The van der Waals surface area contributed by atoms with Crippen LogP contribution in [-0.4, -0.2) is 19.3 Å². The van der Waals surface area contributed by atoms with Gasteiger partial charge in [0.15, 0.2) is 0 Å². The van der Waals surface area contributed by atoms with Gasteiger partial charge in [-0.1, -0.05) is 6.07 Å². The molecule has 9 heteroatoms. The van der Waals surface area contributed by atoms with E-state index in [0.29, 0.717) is 11.5 Å². The highest BCUT2D eigenvalue weighted by molar-refractivity contribution is 7.89. The molecule has 1 heterocycles. The number of sulfonamides is 1. The SMILES string of the molecule is Cc1cccc(N/C=C(/C#N)C(=O)Nc2ccc(S(N)(=O)=O)cc2)n1. The van der Waals surface area contributed by atoms with E-state index in [4.69, 9.17) is 10.4 Å². The van der Waals surface area contributed by atoms with Gasteiger partial charge in [-0.25, -0.2) is 18.5 Å². The molecule has 2 rings (SSSR count). The molecule has 25 heavy (non-hydrogen) atoms. The second-order valence-corrected chi connectivity index (χ2v) is 6.56. The summed E-state index contributed by atoms with van der Waals surface area (Å²) >= 11 is 0. The Hall–Kier alpha value is -3.22. The van der Waals surface area contributed by atoms with Crippen LogP contribution in [0.1, 0.15) is 5.69 Å². The molecule has 1 amide bonds. The van der Waals surface area contributed by atoms with Gasteiger partial charge >= 0.3 is 0 Å². The summed E-state index contributed by atoms with van der Waals surface area (Å²) < 4.78 is 22.4. The van der Waals surface area contributed by atoms with E-state index in [9.17, 15) is 13.2 Å². The van der Waals surface area contributed by atoms with E-state index < -0.39 is 15.9 Å². The van der Waals surface area contributed by atoms with Crippen LogP contribution in [0.5, 0.6) is 0 Å². The van der Waals surface area contributed by atoms with E-state index in [1.807, 2.05) is 13.0 Å². The monoisotopic (exact) mass is 357 g/mol. The number of carbonyl (C=O) groups is 1. The number of carbonyl (C=O) groups excluding carboxylic acids is 1. The van der Waals surface area contributed by atoms with Crippen molar-refractivity contribution in [3.63, 3.8) is 0 Å². The minimum Gasteiger partial charge on any atom is -0.345 e. The number of nitrogens with two attached hydrogens (primary N) is 1. The zero-order chi connectivity index (χ0) is 18.4. The molecule has 0 aliphatic carbocycles. The molecule has 1 aromatic carbocycles. The van der Waals surface area contributed by atoms with Gasteiger partial charge in [0.1, 0.15) is 17.5 Å². The first-order valence-electron chi connectivity index (χ1n) is 7.04. The van der Waals surface area contributed by atoms with E-state index in [0.717, 1.165) is 5.69 Å². The van der Waals surface area contributed by atoms with Gasteiger partial charge in [0.25, 0.3) is 5.91 Å². The third kappa shape index (κ3) is 5.13. The summed E-state index contributed by atoms with van der Waals surface area (Å²) in [5, 5.41) is 19.4. The van der Waals surface area contributed by atoms with Crippen molar-refractivity contribution in [1.82, 2.24) is 4.98 Å². The highest BCUT2D eigenvalue weighted by Gasteiger charge is 2.11. The van der Waals surface area contributed by atoms with Gasteiger partial charge in [0.05, 0.1) is 4.90 Å². The number of amides is 1. The maximum absolute atomic E-state index is 12.1. The minimum atomic E-state index is -3.81. The van der Waals surface area contributed by atoms with Gasteiger partial charge in [-0.05, 0) is 43.3 Å². The summed E-state index contributed by atoms with van der Waals surface area (Å²) in [5.41, 5.74) is 0.947. The Kier molecular flexibility index (Phi) is 5.49. The second kappa shape index (κ2) is 7.57. The quantitative estimate of drug-likeness (QED) is 0.547. The molecule has 0 aliphatic heterocycles. The van der Waals surface area contributed by atoms with Gasteiger partial charge in [-0.2, -0.15) is 5.26 Å². The minimum absolute atomic E-state index is 0.0752. The first-order valence-corrected chi connectivity index (χ1v) is 8.59. The number of nitriles is 1. The Labute approximate surface area is 145 Å². The summed E-state index contributed by atoms with van der Waals surface area (Å²) in [5.74, 6) is -0.149. The first kappa shape index (κ1) is 18.1. The highest BCUT2D eigenvalue weighted by Crippen LogP contribution is 2.14. The maximum atomic E-state index is 12.1. The van der Waals surface area contributed by atoms with Crippen LogP contribution in [0.15, 0.2) is 59.1 Å². The van der Waals surface area contributed by atoms with Crippen molar-refractivity contribution in [2.45, 2.75) is 11.8 Å². The van der Waals surface area contributed by atoms with Gasteiger partial charge in [0, 0.05) is 17.6 Å². The molecule has 0 spiro atoms. The van der Waals surface area contributed by atoms with Gasteiger partial charge in [-0.3, -0.25) is 4.79 Å². The van der Waals surface area contributed by atoms with Crippen LogP contribution in [-0.2, 0) is 14.8 Å². The van der Waals surface area contributed by atoms with Crippen molar-refractivity contribution in [2.75, 3.05) is 10.6 Å². The normalized spacial score (nSPS) is 11.5. The Bertz CT molecular complexity index is 960. The van der Waals surface area contributed by atoms with Crippen molar-refractivity contribution in [2.24, 2.45) is 5.14 Å². The fourth-order valence-electron chi connectivity index (χ4n) is 1.84. The molecular formula is C16H15N5O3S. The van der Waals surface area contributed by atoms with Crippen LogP contribution < -0.4 is 15.8 Å². The van der Waals surface area contributed by atoms with E-state index in [-0.39, 0.29) is 10.5 Å². The molecule has 4 N–H and O–H groups in total. The second-order valence-electron chi connectivity index (χ2n) is 5.00. The molecule has 0 saturated heterocycles. The van der Waals surface area contributed by atoms with Crippen molar-refractivity contribution in [3.8, 4) is 6.07 Å². The third-order valence-electron chi connectivity index (χ3n) is 3.06. The van der Waals surface area contributed by atoms with Crippen LogP contribution in [0.25, 0.3) is 0 Å². The molecular weight excluding hydrogens is 342 g/mol. The number of primary sulfonamides is 1. The van der Waals surface area contributed by atoms with E-state index in [1.54, 1.807) is 18.2 Å². The number of aryl methyl sites for hydroxylation is 1. The maximum Gasteiger partial charge on any atom is 0.267 e. The Morgan fingerprint density at radius 2 is 1.92 bits per heavy atom. The molecule has 0 radical (unpaired) electrons. The van der Waals surface area contributed by atoms with Crippen molar-refractivity contribution in [1.29, 1.82) is 5.26 Å². The van der Waals surface area contributed by atoms with Crippen LogP contribution >= 0.6 is 0 Å². The molecule has 1 aromatic heterocycles. The first-order chi connectivity index (χ1) is 11.8. The molecule has 8 nitrogen and oxygen atoms in total. The molecule has 0 fully saturated rings. The zero-order valence-electron chi connectivity index (χ0n) is 13.2. The lowest BCUT2D eigenvalue weighted by atomic mass is 10.2. The highest BCUT2D eigenvalue weighted by atomic mass is 32.2. The summed E-state index contributed by atoms with van der Waals surface area (Å²) in [6.45, 7) is 1.82. The molecule has 0 atom stereocenters. The van der Waals surface area contributed by atoms with Crippen LogP contribution in [0.2, 0.25) is 0 Å². The number of pyridine rings is 1. The summed E-state index contributed by atoms with van der Waals surface area (Å²) in [6.07, 6.45) is 1.25. The van der Waals surface area contributed by atoms with Crippen LogP contribution in [0.4, 0.5) is 11.5 Å². The smallest absolute Gasteiger partial charge is 0.267 e. The average Bonchev–Trinajstić information content (AvgIpc) is 2.55. The molecule has 0 saturated carbocycles. The molecule has 2 aromatic rings. The number of hydrogen-bond acceptors (Lipinski definition) is 6. The summed E-state index contributed by atoms with van der Waals surface area (Å²) in [6, 6.07) is 12.4. The van der Waals surface area contributed by atoms with Crippen LogP contribution in [0.3, 0.4) is 0 Å². The standard InChI is InChI=1S/C16H15N5O3S/c1-11-3-2-4-15(20-11)19-10-12(9-17)16(22)21-13-5-7-14(8-6-13)25(18,23)24/h2-8,10H,1H3,(H,19,20)(H,21,22)(H2,18,23,24)/b12-10-. The zero-order valence-corrected chi connectivity index (χ0v) is 14.0. The topological polar surface area (TPSA) is 138 Å². The number of benzene rings is 1. The van der Waals surface area contributed by atoms with Crippen LogP contribution in [0, 0.1) is 18.3 Å². The largest absolute Gasteiger partial charge is 0.345 e. The number of hydrogen-bond donors (Lipinski definition) is 3. The summed E-state index contributed by atoms with van der Waals surface area (Å²) in [4.78, 5) is 16.2. The Morgan fingerprint density at radius 1 is 1.24 bits per heavy atom. The fraction of sp³-hybridized carbons (Fsp3) is 0.0625. The molecule has 128 valence electrons. The molecule has 0 bridgehead atoms. The fourth-order valence-corrected chi connectivity index (χ4v) is 2.36. The predicted molar refractivity (Wildman–Crippen MR) is 92.7 cm³/mol. The van der Waals surface area contributed by atoms with Gasteiger partial charge in [0.2, 0.25) is 10.0 Å². The lowest BCUT2D eigenvalue weighted by molar-refractivity contribution is -0.112. The Morgan fingerprint density at radius 3 is 2.48 bits per heavy atom. The van der Waals surface area contributed by atoms with Crippen molar-refractivity contribution in [3.05, 3.63) is 59.9 Å². The van der Waals surface area contributed by atoms with E-state index >= 15 is 0 Å². The van der Waals surface area contributed by atoms with Crippen molar-refractivity contribution >= 4 is 27.4 Å². The number of nitrogens with one attached hydrogen (secondary N) is 2. The van der Waals surface area contributed by atoms with E-state index in [2.05, 4.69) is 15.6 Å². The average molecular weight is 357 g/mol. The third-order valence-corrected chi connectivity index (χ3v) is 3.99. The van der Waals surface area contributed by atoms with Crippen molar-refractivity contribution < 1.29 is 13.2 Å². The van der Waals surface area contributed by atoms with E-state index in [1.165, 1.54) is 30.5 Å². The summed E-state index contributed by atoms with van der Waals surface area (Å²) in [7, 11) is -3.81. The lowest BCUT2D eigenvalue weighted by Crippen LogP contribution is -2.15.